The minimum absolute atomic E-state index is 0.0545. The van der Waals surface area contributed by atoms with Crippen molar-refractivity contribution in [3.8, 4) is 5.75 Å². The number of amides is 1. The summed E-state index contributed by atoms with van der Waals surface area (Å²) in [7, 11) is 1.68. The quantitative estimate of drug-likeness (QED) is 0.685. The monoisotopic (exact) mass is 292 g/mol. The van der Waals surface area contributed by atoms with Gasteiger partial charge in [-0.05, 0) is 43.7 Å². The van der Waals surface area contributed by atoms with Crippen LogP contribution in [0.3, 0.4) is 0 Å². The van der Waals surface area contributed by atoms with Crippen molar-refractivity contribution in [2.75, 3.05) is 7.05 Å². The van der Waals surface area contributed by atoms with E-state index >= 15 is 0 Å². The van der Waals surface area contributed by atoms with E-state index in [1.807, 2.05) is 0 Å². The first kappa shape index (κ1) is 15.3. The van der Waals surface area contributed by atoms with Crippen molar-refractivity contribution in [3.63, 3.8) is 0 Å². The summed E-state index contributed by atoms with van der Waals surface area (Å²) in [5, 5.41) is 20.5. The van der Waals surface area contributed by atoms with Gasteiger partial charge in [0.1, 0.15) is 11.3 Å². The van der Waals surface area contributed by atoms with Crippen LogP contribution in [0.25, 0.3) is 0 Å². The Morgan fingerprint density at radius 3 is 2.52 bits per heavy atom. The van der Waals surface area contributed by atoms with Gasteiger partial charge in [0.2, 0.25) is 0 Å². The maximum Gasteiger partial charge on any atom is 0.282 e. The third-order valence-corrected chi connectivity index (χ3v) is 4.26. The Hall–Kier alpha value is -2.11. The maximum atomic E-state index is 12.5. The van der Waals surface area contributed by atoms with E-state index in [4.69, 9.17) is 0 Å². The van der Waals surface area contributed by atoms with E-state index in [0.717, 1.165) is 25.7 Å². The van der Waals surface area contributed by atoms with Crippen LogP contribution in [0.4, 0.5) is 5.69 Å². The molecule has 1 aromatic rings. The lowest BCUT2D eigenvalue weighted by atomic mass is 9.86. The Morgan fingerprint density at radius 2 is 1.95 bits per heavy atom. The molecule has 1 saturated carbocycles. The molecule has 1 fully saturated rings. The standard InChI is InChI=1S/C15H20N2O4/c1-10-3-5-11(6-4-10)16(2)15(19)13-9-12(18)7-8-14(13)17(20)21/h7-11,18H,3-6H2,1-2H3. The van der Waals surface area contributed by atoms with Gasteiger partial charge in [-0.3, -0.25) is 14.9 Å². The summed E-state index contributed by atoms with van der Waals surface area (Å²) in [4.78, 5) is 24.5. The highest BCUT2D eigenvalue weighted by Crippen LogP contribution is 2.29. The number of nitro benzene ring substituents is 1. The van der Waals surface area contributed by atoms with Crippen molar-refractivity contribution in [1.82, 2.24) is 4.90 Å². The third-order valence-electron chi connectivity index (χ3n) is 4.26. The van der Waals surface area contributed by atoms with Gasteiger partial charge in [0.05, 0.1) is 4.92 Å². The summed E-state index contributed by atoms with van der Waals surface area (Å²) in [5.41, 5.74) is -0.324. The Bertz CT molecular complexity index is 551. The van der Waals surface area contributed by atoms with Crippen LogP contribution in [-0.2, 0) is 0 Å². The molecule has 1 amide bonds. The molecule has 0 atom stereocenters. The minimum atomic E-state index is -0.594. The van der Waals surface area contributed by atoms with E-state index < -0.39 is 10.8 Å². The van der Waals surface area contributed by atoms with Crippen LogP contribution >= 0.6 is 0 Å². The van der Waals surface area contributed by atoms with E-state index in [1.54, 1.807) is 11.9 Å². The lowest BCUT2D eigenvalue weighted by Gasteiger charge is -2.33. The molecule has 0 heterocycles. The molecule has 1 aliphatic rings. The van der Waals surface area contributed by atoms with Crippen LogP contribution < -0.4 is 0 Å². The van der Waals surface area contributed by atoms with E-state index in [9.17, 15) is 20.0 Å². The van der Waals surface area contributed by atoms with Crippen LogP contribution in [0.15, 0.2) is 18.2 Å². The minimum Gasteiger partial charge on any atom is -0.508 e. The van der Waals surface area contributed by atoms with E-state index in [0.29, 0.717) is 5.92 Å². The van der Waals surface area contributed by atoms with E-state index in [-0.39, 0.29) is 23.0 Å². The van der Waals surface area contributed by atoms with Crippen molar-refractivity contribution >= 4 is 11.6 Å². The van der Waals surface area contributed by atoms with Crippen molar-refractivity contribution in [1.29, 1.82) is 0 Å². The normalized spacial score (nSPS) is 21.8. The molecule has 0 aliphatic heterocycles. The molecule has 0 bridgehead atoms. The number of benzene rings is 1. The van der Waals surface area contributed by atoms with Gasteiger partial charge in [0.25, 0.3) is 11.6 Å². The first-order valence-corrected chi connectivity index (χ1v) is 7.14. The van der Waals surface area contributed by atoms with Gasteiger partial charge >= 0.3 is 0 Å². The van der Waals surface area contributed by atoms with Gasteiger partial charge in [0, 0.05) is 19.2 Å². The van der Waals surface area contributed by atoms with Gasteiger partial charge in [0.15, 0.2) is 0 Å². The molecule has 0 spiro atoms. The zero-order valence-corrected chi connectivity index (χ0v) is 12.3. The van der Waals surface area contributed by atoms with Crippen molar-refractivity contribution < 1.29 is 14.8 Å². The van der Waals surface area contributed by atoms with Crippen molar-refractivity contribution in [3.05, 3.63) is 33.9 Å². The zero-order chi connectivity index (χ0) is 15.6. The number of carbonyl (C=O) groups excluding carboxylic acids is 1. The number of phenolic OH excluding ortho intramolecular Hbond substituents is 1. The van der Waals surface area contributed by atoms with Gasteiger partial charge < -0.3 is 10.0 Å². The van der Waals surface area contributed by atoms with E-state index in [1.165, 1.54) is 18.2 Å². The van der Waals surface area contributed by atoms with Crippen LogP contribution in [0.1, 0.15) is 43.0 Å². The number of carbonyl (C=O) groups is 1. The number of nitrogens with zero attached hydrogens (tertiary/aromatic N) is 2. The van der Waals surface area contributed by atoms with E-state index in [2.05, 4.69) is 6.92 Å². The third kappa shape index (κ3) is 3.32. The zero-order valence-electron chi connectivity index (χ0n) is 12.3. The lowest BCUT2D eigenvalue weighted by Crippen LogP contribution is -2.39. The molecular weight excluding hydrogens is 272 g/mol. The highest BCUT2D eigenvalue weighted by molar-refractivity contribution is 5.98. The molecule has 0 unspecified atom stereocenters. The number of hydrogen-bond acceptors (Lipinski definition) is 4. The molecule has 114 valence electrons. The molecule has 1 N–H and O–H groups in total. The average Bonchev–Trinajstić information content (AvgIpc) is 2.46. The topological polar surface area (TPSA) is 83.7 Å². The van der Waals surface area contributed by atoms with Crippen LogP contribution in [0.2, 0.25) is 0 Å². The summed E-state index contributed by atoms with van der Waals surface area (Å²) in [6.45, 7) is 2.19. The highest BCUT2D eigenvalue weighted by Gasteiger charge is 2.29. The molecular formula is C15H20N2O4. The molecule has 0 radical (unpaired) electrons. The van der Waals surface area contributed by atoms with Crippen molar-refractivity contribution in [2.24, 2.45) is 5.92 Å². The summed E-state index contributed by atoms with van der Waals surface area (Å²) in [5.74, 6) is 0.117. The molecule has 1 aliphatic carbocycles. The fourth-order valence-electron chi connectivity index (χ4n) is 2.84. The molecule has 0 saturated heterocycles. The largest absolute Gasteiger partial charge is 0.508 e. The summed E-state index contributed by atoms with van der Waals surface area (Å²) >= 11 is 0. The second kappa shape index (κ2) is 6.11. The van der Waals surface area contributed by atoms with Gasteiger partial charge in [-0.1, -0.05) is 6.92 Å². The fourth-order valence-corrected chi connectivity index (χ4v) is 2.84. The summed E-state index contributed by atoms with van der Waals surface area (Å²) < 4.78 is 0. The first-order valence-electron chi connectivity index (χ1n) is 7.14. The number of nitro groups is 1. The number of rotatable bonds is 3. The molecule has 2 rings (SSSR count). The van der Waals surface area contributed by atoms with Crippen LogP contribution in [0, 0.1) is 16.0 Å². The maximum absolute atomic E-state index is 12.5. The molecule has 6 nitrogen and oxygen atoms in total. The van der Waals surface area contributed by atoms with Crippen molar-refractivity contribution in [2.45, 2.75) is 38.6 Å². The van der Waals surface area contributed by atoms with Crippen LogP contribution in [0.5, 0.6) is 5.75 Å². The fraction of sp³-hybridized carbons (Fsp3) is 0.533. The van der Waals surface area contributed by atoms with Gasteiger partial charge in [-0.25, -0.2) is 0 Å². The Balaban J connectivity index is 2.23. The number of hydrogen-bond donors (Lipinski definition) is 1. The summed E-state index contributed by atoms with van der Waals surface area (Å²) in [6, 6.07) is 3.66. The predicted octanol–water partition coefficient (Wildman–Crippen LogP) is 2.95. The van der Waals surface area contributed by atoms with Crippen LogP contribution in [-0.4, -0.2) is 33.9 Å². The molecule has 1 aromatic carbocycles. The van der Waals surface area contributed by atoms with Gasteiger partial charge in [-0.2, -0.15) is 0 Å². The SMILES string of the molecule is CC1CCC(N(C)C(=O)c2cc(O)ccc2[N+](=O)[O-])CC1. The molecule has 0 aromatic heterocycles. The Labute approximate surface area is 123 Å². The molecule has 6 heteroatoms. The highest BCUT2D eigenvalue weighted by atomic mass is 16.6. The summed E-state index contributed by atoms with van der Waals surface area (Å²) in [6.07, 6.45) is 3.95. The Morgan fingerprint density at radius 1 is 1.33 bits per heavy atom. The predicted molar refractivity (Wildman–Crippen MR) is 78.3 cm³/mol. The lowest BCUT2D eigenvalue weighted by molar-refractivity contribution is -0.385. The van der Waals surface area contributed by atoms with Gasteiger partial charge in [-0.15, -0.1) is 0 Å². The molecule has 21 heavy (non-hydrogen) atoms. The smallest absolute Gasteiger partial charge is 0.282 e. The second-order valence-corrected chi connectivity index (χ2v) is 5.79. The first-order chi connectivity index (χ1) is 9.90. The second-order valence-electron chi connectivity index (χ2n) is 5.79. The number of aromatic hydroxyl groups is 1. The average molecular weight is 292 g/mol. The number of phenols is 1. The Kier molecular flexibility index (Phi) is 4.45.